The standard InChI is InChI=1S/C6H13NO9S2.2Na/c8-2-3-1-4(16-18(12,13)14)5(6(9)15-3)7-17(10)11;;/h3-9H,1-2H2,(H,10,11)(H,12,13,14);;/q;2*+1/p-2/t3?,4-,5?,6-;;/m1../s1. The minimum Gasteiger partial charge on any atom is -0.760 e. The molecule has 1 rings (SSSR count). The van der Waals surface area contributed by atoms with Gasteiger partial charge in [-0.1, -0.05) is 0 Å². The van der Waals surface area contributed by atoms with Gasteiger partial charge >= 0.3 is 59.1 Å². The summed E-state index contributed by atoms with van der Waals surface area (Å²) in [5, 5.41) is 18.3. The SMILES string of the molecule is O=S([O-])NC1[C@H](O)OC(CO)C[C@H]1OS(=O)(=O)[O-].[Na+].[Na+]. The second-order valence-electron chi connectivity index (χ2n) is 3.49. The van der Waals surface area contributed by atoms with Crippen molar-refractivity contribution in [1.82, 2.24) is 4.72 Å². The van der Waals surface area contributed by atoms with E-state index < -0.39 is 52.8 Å². The van der Waals surface area contributed by atoms with Crippen molar-refractivity contribution < 1.29 is 100.0 Å². The number of hydrogen-bond donors (Lipinski definition) is 3. The van der Waals surface area contributed by atoms with E-state index in [4.69, 9.17) is 9.84 Å². The van der Waals surface area contributed by atoms with Crippen LogP contribution in [0.15, 0.2) is 0 Å². The van der Waals surface area contributed by atoms with Crippen molar-refractivity contribution in [1.29, 1.82) is 0 Å². The van der Waals surface area contributed by atoms with Gasteiger partial charge in [0.2, 0.25) is 10.4 Å². The molecule has 0 aromatic carbocycles. The van der Waals surface area contributed by atoms with Crippen molar-refractivity contribution in [3.05, 3.63) is 0 Å². The number of ether oxygens (including phenoxy) is 1. The Morgan fingerprint density at radius 2 is 2.00 bits per heavy atom. The Hall–Kier alpha value is 1.82. The van der Waals surface area contributed by atoms with Gasteiger partial charge in [-0.15, -0.1) is 0 Å². The zero-order valence-electron chi connectivity index (χ0n) is 10.8. The van der Waals surface area contributed by atoms with Gasteiger partial charge in [-0.05, 0) is 0 Å². The third-order valence-corrected chi connectivity index (χ3v) is 3.16. The molecule has 0 aliphatic carbocycles. The molecule has 5 atom stereocenters. The van der Waals surface area contributed by atoms with Crippen LogP contribution in [0, 0.1) is 0 Å². The minimum atomic E-state index is -5.09. The molecule has 0 amide bonds. The van der Waals surface area contributed by atoms with Gasteiger partial charge in [0.25, 0.3) is 0 Å². The molecule has 1 saturated heterocycles. The number of nitrogens with one attached hydrogen (secondary N) is 1. The first-order chi connectivity index (χ1) is 8.23. The predicted octanol–water partition coefficient (Wildman–Crippen LogP) is -9.31. The first-order valence-corrected chi connectivity index (χ1v) is 7.07. The quantitative estimate of drug-likeness (QED) is 0.188. The summed E-state index contributed by atoms with van der Waals surface area (Å²) in [5.74, 6) is 0. The average molecular weight is 351 g/mol. The Labute approximate surface area is 162 Å². The number of hydrogen-bond acceptors (Lipinski definition) is 9. The summed E-state index contributed by atoms with van der Waals surface area (Å²) >= 11 is -2.83. The van der Waals surface area contributed by atoms with E-state index in [0.717, 1.165) is 0 Å². The van der Waals surface area contributed by atoms with Crippen molar-refractivity contribution >= 4 is 21.7 Å². The van der Waals surface area contributed by atoms with Crippen LogP contribution < -0.4 is 63.8 Å². The van der Waals surface area contributed by atoms with Gasteiger partial charge in [-0.25, -0.2) is 13.1 Å². The fourth-order valence-electron chi connectivity index (χ4n) is 1.54. The molecule has 0 aromatic rings. The van der Waals surface area contributed by atoms with Crippen molar-refractivity contribution in [2.24, 2.45) is 0 Å². The van der Waals surface area contributed by atoms with Crippen molar-refractivity contribution in [2.75, 3.05) is 6.61 Å². The van der Waals surface area contributed by atoms with E-state index in [9.17, 15) is 26.8 Å². The van der Waals surface area contributed by atoms with Crippen molar-refractivity contribution in [3.8, 4) is 0 Å². The Kier molecular flexibility index (Phi) is 12.7. The molecule has 10 nitrogen and oxygen atoms in total. The molecular weight excluding hydrogens is 340 g/mol. The minimum absolute atomic E-state index is 0. The summed E-state index contributed by atoms with van der Waals surface area (Å²) in [6.45, 7) is -0.553. The maximum Gasteiger partial charge on any atom is 1.00 e. The third kappa shape index (κ3) is 8.45. The van der Waals surface area contributed by atoms with Crippen LogP contribution in [0.3, 0.4) is 0 Å². The van der Waals surface area contributed by atoms with Gasteiger partial charge in [-0.3, -0.25) is 8.39 Å². The van der Waals surface area contributed by atoms with Crippen LogP contribution in [-0.4, -0.2) is 63.1 Å². The predicted molar refractivity (Wildman–Crippen MR) is 53.0 cm³/mol. The summed E-state index contributed by atoms with van der Waals surface area (Å²) in [7, 11) is -5.09. The maximum absolute atomic E-state index is 10.5. The summed E-state index contributed by atoms with van der Waals surface area (Å²) in [5.41, 5.74) is 0. The van der Waals surface area contributed by atoms with Gasteiger partial charge in [-0.2, -0.15) is 0 Å². The molecule has 1 heterocycles. The molecule has 0 aromatic heterocycles. The fraction of sp³-hybridized carbons (Fsp3) is 1.00. The van der Waals surface area contributed by atoms with E-state index in [1.165, 1.54) is 0 Å². The van der Waals surface area contributed by atoms with Crippen LogP contribution in [0.2, 0.25) is 0 Å². The van der Waals surface area contributed by atoms with Crippen LogP contribution in [0.1, 0.15) is 6.42 Å². The molecule has 0 bridgehead atoms. The van der Waals surface area contributed by atoms with Gasteiger partial charge in [0, 0.05) is 17.7 Å². The monoisotopic (exact) mass is 351 g/mol. The van der Waals surface area contributed by atoms with Gasteiger partial charge in [0.15, 0.2) is 6.29 Å². The first-order valence-electron chi connectivity index (χ1n) is 4.67. The van der Waals surface area contributed by atoms with E-state index in [0.29, 0.717) is 0 Å². The molecule has 3 N–H and O–H groups in total. The molecule has 1 aliphatic heterocycles. The van der Waals surface area contributed by atoms with E-state index in [1.807, 2.05) is 0 Å². The van der Waals surface area contributed by atoms with E-state index in [-0.39, 0.29) is 65.5 Å². The molecule has 0 spiro atoms. The molecular formula is C6H11NNa2O9S2. The van der Waals surface area contributed by atoms with Crippen LogP contribution in [0.4, 0.5) is 0 Å². The van der Waals surface area contributed by atoms with E-state index >= 15 is 0 Å². The fourth-order valence-corrected chi connectivity index (χ4v) is 2.53. The van der Waals surface area contributed by atoms with Crippen molar-refractivity contribution in [3.63, 3.8) is 0 Å². The largest absolute Gasteiger partial charge is 1.00 e. The molecule has 20 heavy (non-hydrogen) atoms. The second kappa shape index (κ2) is 10.6. The van der Waals surface area contributed by atoms with Gasteiger partial charge in [0.05, 0.1) is 24.9 Å². The summed E-state index contributed by atoms with van der Waals surface area (Å²) in [6.07, 6.45) is -4.46. The van der Waals surface area contributed by atoms with Crippen LogP contribution >= 0.6 is 0 Å². The summed E-state index contributed by atoms with van der Waals surface area (Å²) in [6, 6.07) is -1.46. The Morgan fingerprint density at radius 3 is 2.40 bits per heavy atom. The molecule has 0 radical (unpaired) electrons. The molecule has 1 fully saturated rings. The molecule has 1 aliphatic rings. The van der Waals surface area contributed by atoms with E-state index in [1.54, 1.807) is 4.72 Å². The Bertz CT molecular complexity index is 407. The van der Waals surface area contributed by atoms with Crippen LogP contribution in [0.5, 0.6) is 0 Å². The Balaban J connectivity index is 0. The normalized spacial score (nSPS) is 31.8. The topological polar surface area (TPSA) is 168 Å². The number of aliphatic hydroxyl groups is 2. The zero-order valence-corrected chi connectivity index (χ0v) is 16.4. The Morgan fingerprint density at radius 1 is 1.45 bits per heavy atom. The maximum atomic E-state index is 10.5. The summed E-state index contributed by atoms with van der Waals surface area (Å²) < 4.78 is 63.1. The molecule has 0 saturated carbocycles. The van der Waals surface area contributed by atoms with Crippen LogP contribution in [0.25, 0.3) is 0 Å². The van der Waals surface area contributed by atoms with E-state index in [2.05, 4.69) is 4.18 Å². The molecule has 108 valence electrons. The van der Waals surface area contributed by atoms with Gasteiger partial charge in [0.1, 0.15) is 0 Å². The third-order valence-electron chi connectivity index (χ3n) is 2.21. The molecule has 14 heteroatoms. The summed E-state index contributed by atoms with van der Waals surface area (Å²) in [4.78, 5) is 0. The van der Waals surface area contributed by atoms with Crippen LogP contribution in [-0.2, 0) is 30.6 Å². The van der Waals surface area contributed by atoms with Gasteiger partial charge < -0.3 is 24.1 Å². The molecule has 3 unspecified atom stereocenters. The van der Waals surface area contributed by atoms with Crippen molar-refractivity contribution in [2.45, 2.75) is 31.0 Å². The zero-order chi connectivity index (χ0) is 13.9. The second-order valence-corrected chi connectivity index (χ2v) is 5.20. The number of aliphatic hydroxyl groups excluding tert-OH is 2. The number of rotatable bonds is 5. The first kappa shape index (κ1) is 24.1. The average Bonchev–Trinajstić information content (AvgIpc) is 2.20. The smallest absolute Gasteiger partial charge is 0.760 e.